The average Bonchev–Trinajstić information content (AvgIpc) is 3.29. The molecule has 0 aliphatic heterocycles. The first-order chi connectivity index (χ1) is 16.6. The number of hydrogen-bond acceptors (Lipinski definition) is 5. The third-order valence-corrected chi connectivity index (χ3v) is 5.84. The molecule has 0 fully saturated rings. The largest absolute Gasteiger partial charge is 0.493 e. The summed E-state index contributed by atoms with van der Waals surface area (Å²) in [5.41, 5.74) is 4.11. The van der Waals surface area contributed by atoms with Gasteiger partial charge in [-0.1, -0.05) is 30.3 Å². The van der Waals surface area contributed by atoms with Crippen molar-refractivity contribution in [2.24, 2.45) is 0 Å². The summed E-state index contributed by atoms with van der Waals surface area (Å²) in [5.74, 6) is 1.30. The number of methoxy groups -OCH3 is 3. The van der Waals surface area contributed by atoms with Crippen molar-refractivity contribution in [1.82, 2.24) is 10.3 Å². The van der Waals surface area contributed by atoms with Crippen LogP contribution >= 0.6 is 0 Å². The van der Waals surface area contributed by atoms with E-state index < -0.39 is 6.04 Å². The Morgan fingerprint density at radius 2 is 1.76 bits per heavy atom. The molecule has 3 aromatic carbocycles. The summed E-state index contributed by atoms with van der Waals surface area (Å²) in [6.45, 7) is -0.172. The maximum absolute atomic E-state index is 13.1. The monoisotopic (exact) mass is 460 g/mol. The van der Waals surface area contributed by atoms with Crippen LogP contribution in [0, 0.1) is 0 Å². The van der Waals surface area contributed by atoms with Gasteiger partial charge in [-0.2, -0.15) is 0 Å². The molecular formula is C27H28N2O5. The van der Waals surface area contributed by atoms with E-state index in [4.69, 9.17) is 14.2 Å². The van der Waals surface area contributed by atoms with Gasteiger partial charge in [0.05, 0.1) is 34.0 Å². The lowest BCUT2D eigenvalue weighted by atomic mass is 10.0. The van der Waals surface area contributed by atoms with Crippen LogP contribution in [0.2, 0.25) is 0 Å². The molecule has 0 unspecified atom stereocenters. The van der Waals surface area contributed by atoms with Crippen LogP contribution in [-0.4, -0.2) is 50.0 Å². The summed E-state index contributed by atoms with van der Waals surface area (Å²) in [7, 11) is 4.68. The molecule has 1 aromatic heterocycles. The van der Waals surface area contributed by atoms with Crippen molar-refractivity contribution in [1.29, 1.82) is 0 Å². The van der Waals surface area contributed by atoms with Crippen molar-refractivity contribution in [3.63, 3.8) is 0 Å². The number of hydrogen-bond donors (Lipinski definition) is 3. The van der Waals surface area contributed by atoms with Crippen LogP contribution in [0.25, 0.3) is 22.0 Å². The van der Waals surface area contributed by atoms with Gasteiger partial charge in [0, 0.05) is 28.2 Å². The minimum absolute atomic E-state index is 0.172. The summed E-state index contributed by atoms with van der Waals surface area (Å²) >= 11 is 0. The van der Waals surface area contributed by atoms with Gasteiger partial charge in [0.15, 0.2) is 11.5 Å². The number of ether oxygens (including phenoxy) is 3. The SMILES string of the molecule is COc1ccc(-c2cccc(C(=O)N[C@@H](CO)Cc3c[nH]c4ccccc34)c2)c(OC)c1OC. The van der Waals surface area contributed by atoms with Gasteiger partial charge < -0.3 is 29.6 Å². The zero-order valence-corrected chi connectivity index (χ0v) is 19.4. The lowest BCUT2D eigenvalue weighted by molar-refractivity contribution is 0.0916. The minimum Gasteiger partial charge on any atom is -0.493 e. The molecule has 7 nitrogen and oxygen atoms in total. The summed E-state index contributed by atoms with van der Waals surface area (Å²) in [5, 5.41) is 14.0. The smallest absolute Gasteiger partial charge is 0.251 e. The molecule has 0 bridgehead atoms. The number of fused-ring (bicyclic) bond motifs is 1. The minimum atomic E-state index is -0.425. The van der Waals surface area contributed by atoms with Gasteiger partial charge in [-0.3, -0.25) is 4.79 Å². The third-order valence-electron chi connectivity index (χ3n) is 5.84. The zero-order valence-electron chi connectivity index (χ0n) is 19.4. The maximum atomic E-state index is 13.1. The second-order valence-electron chi connectivity index (χ2n) is 7.88. The number of aromatic amines is 1. The molecular weight excluding hydrogens is 432 g/mol. The van der Waals surface area contributed by atoms with Crippen molar-refractivity contribution in [2.45, 2.75) is 12.5 Å². The number of para-hydroxylation sites is 1. The molecule has 1 amide bonds. The van der Waals surface area contributed by atoms with E-state index in [0.717, 1.165) is 27.6 Å². The Morgan fingerprint density at radius 1 is 0.971 bits per heavy atom. The van der Waals surface area contributed by atoms with Crippen molar-refractivity contribution in [2.75, 3.05) is 27.9 Å². The maximum Gasteiger partial charge on any atom is 0.251 e. The Hall–Kier alpha value is -3.97. The number of aromatic nitrogens is 1. The van der Waals surface area contributed by atoms with Crippen LogP contribution in [-0.2, 0) is 6.42 Å². The van der Waals surface area contributed by atoms with Crippen LogP contribution in [0.1, 0.15) is 15.9 Å². The molecule has 0 radical (unpaired) electrons. The predicted octanol–water partition coefficient (Wildman–Crippen LogP) is 4.19. The molecule has 4 rings (SSSR count). The third kappa shape index (κ3) is 4.56. The molecule has 4 aromatic rings. The molecule has 0 saturated carbocycles. The molecule has 0 saturated heterocycles. The molecule has 0 spiro atoms. The Kier molecular flexibility index (Phi) is 7.04. The normalized spacial score (nSPS) is 11.8. The highest BCUT2D eigenvalue weighted by molar-refractivity contribution is 5.96. The van der Waals surface area contributed by atoms with Crippen LogP contribution < -0.4 is 19.5 Å². The first-order valence-electron chi connectivity index (χ1n) is 11.0. The summed E-state index contributed by atoms with van der Waals surface area (Å²) in [4.78, 5) is 16.3. The van der Waals surface area contributed by atoms with E-state index >= 15 is 0 Å². The molecule has 0 aliphatic rings. The number of amides is 1. The highest BCUT2D eigenvalue weighted by Crippen LogP contribution is 2.44. The van der Waals surface area contributed by atoms with Gasteiger partial charge >= 0.3 is 0 Å². The lowest BCUT2D eigenvalue weighted by Crippen LogP contribution is -2.39. The fourth-order valence-electron chi connectivity index (χ4n) is 4.15. The number of nitrogens with one attached hydrogen (secondary N) is 2. The number of aliphatic hydroxyl groups is 1. The van der Waals surface area contributed by atoms with E-state index in [1.807, 2.05) is 48.7 Å². The molecule has 34 heavy (non-hydrogen) atoms. The van der Waals surface area contributed by atoms with Crippen LogP contribution in [0.5, 0.6) is 17.2 Å². The fraction of sp³-hybridized carbons (Fsp3) is 0.222. The highest BCUT2D eigenvalue weighted by atomic mass is 16.5. The second-order valence-corrected chi connectivity index (χ2v) is 7.88. The van der Waals surface area contributed by atoms with E-state index in [9.17, 15) is 9.90 Å². The Balaban J connectivity index is 1.57. The van der Waals surface area contributed by atoms with E-state index in [-0.39, 0.29) is 12.5 Å². The molecule has 176 valence electrons. The average molecular weight is 461 g/mol. The molecule has 7 heteroatoms. The predicted molar refractivity (Wildman–Crippen MR) is 132 cm³/mol. The van der Waals surface area contributed by atoms with Crippen molar-refractivity contribution >= 4 is 16.8 Å². The van der Waals surface area contributed by atoms with Gasteiger partial charge in [0.2, 0.25) is 5.75 Å². The Morgan fingerprint density at radius 3 is 2.50 bits per heavy atom. The Labute approximate surface area is 198 Å². The number of rotatable bonds is 9. The number of carbonyl (C=O) groups excluding carboxylic acids is 1. The van der Waals surface area contributed by atoms with E-state index in [1.165, 1.54) is 0 Å². The zero-order chi connectivity index (χ0) is 24.1. The lowest BCUT2D eigenvalue weighted by Gasteiger charge is -2.18. The van der Waals surface area contributed by atoms with Crippen LogP contribution in [0.4, 0.5) is 0 Å². The molecule has 1 atom stereocenters. The topological polar surface area (TPSA) is 92.8 Å². The number of carbonyl (C=O) groups is 1. The van der Waals surface area contributed by atoms with Gasteiger partial charge in [0.25, 0.3) is 5.91 Å². The summed E-state index contributed by atoms with van der Waals surface area (Å²) in [6.07, 6.45) is 2.43. The van der Waals surface area contributed by atoms with Crippen LogP contribution in [0.3, 0.4) is 0 Å². The van der Waals surface area contributed by atoms with Crippen molar-refractivity contribution in [3.05, 3.63) is 78.0 Å². The van der Waals surface area contributed by atoms with Crippen molar-refractivity contribution in [3.8, 4) is 28.4 Å². The van der Waals surface area contributed by atoms with E-state index in [2.05, 4.69) is 10.3 Å². The number of H-pyrrole nitrogens is 1. The summed E-state index contributed by atoms with van der Waals surface area (Å²) in [6, 6.07) is 18.4. The van der Waals surface area contributed by atoms with E-state index in [0.29, 0.717) is 29.2 Å². The number of benzene rings is 3. The van der Waals surface area contributed by atoms with Crippen molar-refractivity contribution < 1.29 is 24.1 Å². The van der Waals surface area contributed by atoms with Gasteiger partial charge in [0.1, 0.15) is 0 Å². The first kappa shape index (κ1) is 23.2. The van der Waals surface area contributed by atoms with Gasteiger partial charge in [-0.25, -0.2) is 0 Å². The van der Waals surface area contributed by atoms with Gasteiger partial charge in [-0.05, 0) is 47.9 Å². The fourth-order valence-corrected chi connectivity index (χ4v) is 4.15. The van der Waals surface area contributed by atoms with E-state index in [1.54, 1.807) is 39.5 Å². The Bertz CT molecular complexity index is 1300. The second kappa shape index (κ2) is 10.3. The molecule has 0 aliphatic carbocycles. The molecule has 3 N–H and O–H groups in total. The highest BCUT2D eigenvalue weighted by Gasteiger charge is 2.19. The standard InChI is InChI=1S/C27H28N2O5/c1-32-24-12-11-22(25(33-2)26(24)34-3)17-7-6-8-18(13-17)27(31)29-20(16-30)14-19-15-28-23-10-5-4-9-21(19)23/h4-13,15,20,28,30H,14,16H2,1-3H3,(H,29,31)/t20-/m1/s1. The van der Waals surface area contributed by atoms with Gasteiger partial charge in [-0.15, -0.1) is 0 Å². The molecule has 1 heterocycles. The number of aliphatic hydroxyl groups excluding tert-OH is 1. The quantitative estimate of drug-likeness (QED) is 0.348. The first-order valence-corrected chi connectivity index (χ1v) is 11.0. The summed E-state index contributed by atoms with van der Waals surface area (Å²) < 4.78 is 16.4. The van der Waals surface area contributed by atoms with Crippen LogP contribution in [0.15, 0.2) is 66.9 Å².